The Kier molecular flexibility index (Phi) is 3.92. The van der Waals surface area contributed by atoms with Crippen molar-refractivity contribution < 1.29 is 14.6 Å². The molecule has 0 aliphatic carbocycles. The fourth-order valence-corrected chi connectivity index (χ4v) is 1.75. The van der Waals surface area contributed by atoms with E-state index in [1.54, 1.807) is 25.3 Å². The van der Waals surface area contributed by atoms with Crippen molar-refractivity contribution in [3.63, 3.8) is 0 Å². The molecule has 0 saturated carbocycles. The summed E-state index contributed by atoms with van der Waals surface area (Å²) in [5.74, 6) is -0.245. The van der Waals surface area contributed by atoms with Crippen molar-refractivity contribution in [3.8, 4) is 5.75 Å². The smallest absolute Gasteiger partial charge is 0.335 e. The molecular weight excluding hydrogens is 266 g/mol. The van der Waals surface area contributed by atoms with Gasteiger partial charge in [-0.2, -0.15) is 0 Å². The molecule has 0 saturated heterocycles. The van der Waals surface area contributed by atoms with E-state index in [1.165, 1.54) is 12.1 Å². The van der Waals surface area contributed by atoms with Crippen molar-refractivity contribution in [3.05, 3.63) is 53.1 Å². The summed E-state index contributed by atoms with van der Waals surface area (Å²) in [6, 6.07) is 11.8. The number of carboxylic acids is 1. The summed E-state index contributed by atoms with van der Waals surface area (Å²) in [6.07, 6.45) is 0. The Labute approximate surface area is 115 Å². The van der Waals surface area contributed by atoms with Crippen LogP contribution in [0.15, 0.2) is 42.5 Å². The molecule has 0 radical (unpaired) electrons. The topological polar surface area (TPSA) is 58.6 Å². The molecule has 0 heterocycles. The van der Waals surface area contributed by atoms with E-state index in [4.69, 9.17) is 21.4 Å². The predicted molar refractivity (Wildman–Crippen MR) is 74.7 cm³/mol. The van der Waals surface area contributed by atoms with Gasteiger partial charge in [-0.05, 0) is 42.5 Å². The molecule has 2 aromatic rings. The average Bonchev–Trinajstić information content (AvgIpc) is 2.42. The van der Waals surface area contributed by atoms with E-state index < -0.39 is 5.97 Å². The second-order valence-corrected chi connectivity index (χ2v) is 4.26. The molecule has 2 N–H and O–H groups in total. The van der Waals surface area contributed by atoms with Crippen molar-refractivity contribution >= 4 is 28.9 Å². The maximum absolute atomic E-state index is 10.9. The van der Waals surface area contributed by atoms with Crippen molar-refractivity contribution in [2.24, 2.45) is 0 Å². The first-order valence-electron chi connectivity index (χ1n) is 5.54. The Hall–Kier alpha value is -2.20. The molecule has 0 bridgehead atoms. The molecule has 98 valence electrons. The lowest BCUT2D eigenvalue weighted by Crippen LogP contribution is -1.98. The summed E-state index contributed by atoms with van der Waals surface area (Å²) in [4.78, 5) is 10.9. The van der Waals surface area contributed by atoms with Gasteiger partial charge in [-0.1, -0.05) is 11.6 Å². The molecule has 0 amide bonds. The summed E-state index contributed by atoms with van der Waals surface area (Å²) in [7, 11) is 1.59. The molecule has 5 heteroatoms. The molecule has 0 spiro atoms. The highest BCUT2D eigenvalue weighted by Gasteiger charge is 2.07. The number of benzene rings is 2. The zero-order valence-electron chi connectivity index (χ0n) is 10.2. The van der Waals surface area contributed by atoms with Crippen LogP contribution in [0.2, 0.25) is 5.02 Å². The lowest BCUT2D eigenvalue weighted by molar-refractivity contribution is 0.0697. The van der Waals surface area contributed by atoms with Gasteiger partial charge in [0, 0.05) is 5.69 Å². The third-order valence-corrected chi connectivity index (χ3v) is 2.91. The Morgan fingerprint density at radius 1 is 1.21 bits per heavy atom. The van der Waals surface area contributed by atoms with Gasteiger partial charge in [0.25, 0.3) is 0 Å². The summed E-state index contributed by atoms with van der Waals surface area (Å²) >= 11 is 6.03. The van der Waals surface area contributed by atoms with Gasteiger partial charge < -0.3 is 15.2 Å². The van der Waals surface area contributed by atoms with Crippen LogP contribution in [-0.2, 0) is 0 Å². The van der Waals surface area contributed by atoms with Crippen LogP contribution in [0, 0.1) is 0 Å². The molecular formula is C14H12ClNO3. The van der Waals surface area contributed by atoms with Gasteiger partial charge in [0.2, 0.25) is 0 Å². The van der Waals surface area contributed by atoms with Crippen molar-refractivity contribution in [1.29, 1.82) is 0 Å². The molecule has 19 heavy (non-hydrogen) atoms. The molecule has 2 aromatic carbocycles. The van der Waals surface area contributed by atoms with E-state index in [-0.39, 0.29) is 5.56 Å². The van der Waals surface area contributed by atoms with E-state index in [0.29, 0.717) is 10.7 Å². The first-order chi connectivity index (χ1) is 9.10. The number of carboxylic acid groups (broad SMARTS) is 1. The summed E-state index contributed by atoms with van der Waals surface area (Å²) in [6.45, 7) is 0. The second kappa shape index (κ2) is 5.63. The van der Waals surface area contributed by atoms with E-state index in [0.717, 1.165) is 11.4 Å². The van der Waals surface area contributed by atoms with Gasteiger partial charge in [0.05, 0.1) is 23.4 Å². The van der Waals surface area contributed by atoms with E-state index in [2.05, 4.69) is 5.32 Å². The van der Waals surface area contributed by atoms with Crippen molar-refractivity contribution in [2.75, 3.05) is 12.4 Å². The van der Waals surface area contributed by atoms with Crippen LogP contribution >= 0.6 is 11.6 Å². The van der Waals surface area contributed by atoms with Gasteiger partial charge in [0.15, 0.2) is 0 Å². The molecule has 0 aromatic heterocycles. The first-order valence-corrected chi connectivity index (χ1v) is 5.92. The van der Waals surface area contributed by atoms with Gasteiger partial charge >= 0.3 is 5.97 Å². The Morgan fingerprint density at radius 2 is 1.89 bits per heavy atom. The van der Waals surface area contributed by atoms with E-state index >= 15 is 0 Å². The molecule has 0 aliphatic heterocycles. The van der Waals surface area contributed by atoms with Crippen LogP contribution in [0.5, 0.6) is 5.75 Å². The van der Waals surface area contributed by atoms with Crippen LogP contribution in [0.25, 0.3) is 0 Å². The van der Waals surface area contributed by atoms with E-state index in [1.807, 2.05) is 12.1 Å². The molecule has 0 atom stereocenters. The number of hydrogen-bond donors (Lipinski definition) is 2. The number of hydrogen-bond acceptors (Lipinski definition) is 3. The zero-order chi connectivity index (χ0) is 13.8. The monoisotopic (exact) mass is 277 g/mol. The first kappa shape index (κ1) is 13.2. The number of carbonyl (C=O) groups is 1. The third kappa shape index (κ3) is 3.17. The normalized spacial score (nSPS) is 10.0. The van der Waals surface area contributed by atoms with Crippen LogP contribution in [0.1, 0.15) is 10.4 Å². The minimum absolute atomic E-state index is 0.181. The van der Waals surface area contributed by atoms with Crippen LogP contribution in [-0.4, -0.2) is 18.2 Å². The Balaban J connectivity index is 2.26. The average molecular weight is 278 g/mol. The third-order valence-electron chi connectivity index (χ3n) is 2.58. The number of rotatable bonds is 4. The number of methoxy groups -OCH3 is 1. The fraction of sp³-hybridized carbons (Fsp3) is 0.0714. The van der Waals surface area contributed by atoms with E-state index in [9.17, 15) is 4.79 Å². The van der Waals surface area contributed by atoms with Gasteiger partial charge in [-0.15, -0.1) is 0 Å². The highest BCUT2D eigenvalue weighted by atomic mass is 35.5. The number of halogens is 1. The minimum Gasteiger partial charge on any atom is -0.497 e. The number of anilines is 2. The number of nitrogens with one attached hydrogen (secondary N) is 1. The van der Waals surface area contributed by atoms with Crippen LogP contribution < -0.4 is 10.1 Å². The van der Waals surface area contributed by atoms with Gasteiger partial charge in [0.1, 0.15) is 5.75 Å². The maximum Gasteiger partial charge on any atom is 0.335 e. The minimum atomic E-state index is -0.991. The summed E-state index contributed by atoms with van der Waals surface area (Å²) in [5, 5.41) is 12.5. The molecule has 0 unspecified atom stereocenters. The zero-order valence-corrected chi connectivity index (χ0v) is 10.9. The van der Waals surface area contributed by atoms with Gasteiger partial charge in [-0.3, -0.25) is 0 Å². The van der Waals surface area contributed by atoms with Crippen LogP contribution in [0.3, 0.4) is 0 Å². The van der Waals surface area contributed by atoms with Crippen molar-refractivity contribution in [1.82, 2.24) is 0 Å². The summed E-state index contributed by atoms with van der Waals surface area (Å²) in [5.41, 5.74) is 1.53. The quantitative estimate of drug-likeness (QED) is 0.893. The molecule has 4 nitrogen and oxygen atoms in total. The standard InChI is InChI=1S/C14H12ClNO3/c1-19-11-5-3-10(4-6-11)16-13-8-9(14(17)18)2-7-12(13)15/h2-8,16H,1H3,(H,17,18). The van der Waals surface area contributed by atoms with Gasteiger partial charge in [-0.25, -0.2) is 4.79 Å². The lowest BCUT2D eigenvalue weighted by Gasteiger charge is -2.10. The lowest BCUT2D eigenvalue weighted by atomic mass is 10.2. The molecule has 2 rings (SSSR count). The predicted octanol–water partition coefficient (Wildman–Crippen LogP) is 3.79. The Morgan fingerprint density at radius 3 is 2.47 bits per heavy atom. The molecule has 0 fully saturated rings. The highest BCUT2D eigenvalue weighted by molar-refractivity contribution is 6.33. The summed E-state index contributed by atoms with van der Waals surface area (Å²) < 4.78 is 5.06. The fourth-order valence-electron chi connectivity index (χ4n) is 1.58. The van der Waals surface area contributed by atoms with Crippen LogP contribution in [0.4, 0.5) is 11.4 Å². The highest BCUT2D eigenvalue weighted by Crippen LogP contribution is 2.27. The van der Waals surface area contributed by atoms with Crippen molar-refractivity contribution in [2.45, 2.75) is 0 Å². The number of aromatic carboxylic acids is 1. The maximum atomic E-state index is 10.9. The largest absolute Gasteiger partial charge is 0.497 e. The Bertz CT molecular complexity index is 596. The molecule has 0 aliphatic rings. The second-order valence-electron chi connectivity index (χ2n) is 3.85. The number of ether oxygens (including phenoxy) is 1. The SMILES string of the molecule is COc1ccc(Nc2cc(C(=O)O)ccc2Cl)cc1.